The summed E-state index contributed by atoms with van der Waals surface area (Å²) in [6, 6.07) is 12.3. The highest BCUT2D eigenvalue weighted by Crippen LogP contribution is 2.78. The smallest absolute Gasteiger partial charge is 0.330 e. The average Bonchev–Trinajstić information content (AvgIpc) is 3.26. The van der Waals surface area contributed by atoms with Crippen LogP contribution in [-0.4, -0.2) is 24.3 Å². The zero-order chi connectivity index (χ0) is 20.3. The molecule has 0 saturated heterocycles. The number of benzene rings is 2. The Kier molecular flexibility index (Phi) is 4.23. The molecule has 1 saturated carbocycles. The topological polar surface area (TPSA) is 69.7 Å². The first kappa shape index (κ1) is 18.9. The number of ketones is 1. The zero-order valence-corrected chi connectivity index (χ0v) is 17.3. The standard InChI is InChI=1S/C22H19BrO5/c1-4-27-19(25)22-17(15-11-14(23)9-10-16(15)28-20(22)26)21(22,3)18(24)13-7-5-12(2)6-8-13/h5-11,17H,4H2,1-3H3/t17-,21-,22+/m0/s1. The van der Waals surface area contributed by atoms with Gasteiger partial charge in [-0.2, -0.15) is 0 Å². The molecule has 1 heterocycles. The summed E-state index contributed by atoms with van der Waals surface area (Å²) < 4.78 is 11.5. The number of halogens is 1. The van der Waals surface area contributed by atoms with Gasteiger partial charge >= 0.3 is 11.9 Å². The van der Waals surface area contributed by atoms with Crippen LogP contribution >= 0.6 is 15.9 Å². The maximum Gasteiger partial charge on any atom is 0.330 e. The molecule has 2 aliphatic rings. The van der Waals surface area contributed by atoms with Crippen LogP contribution in [0.15, 0.2) is 46.9 Å². The Balaban J connectivity index is 1.90. The summed E-state index contributed by atoms with van der Waals surface area (Å²) in [5.74, 6) is -1.97. The van der Waals surface area contributed by atoms with Gasteiger partial charge in [-0.1, -0.05) is 45.8 Å². The Hall–Kier alpha value is -2.47. The van der Waals surface area contributed by atoms with Gasteiger partial charge in [-0.3, -0.25) is 14.4 Å². The Labute approximate surface area is 171 Å². The van der Waals surface area contributed by atoms with Crippen molar-refractivity contribution in [1.82, 2.24) is 0 Å². The molecule has 0 N–H and O–H groups in total. The number of aryl methyl sites for hydroxylation is 1. The summed E-state index contributed by atoms with van der Waals surface area (Å²) in [7, 11) is 0. The molecule has 1 fully saturated rings. The van der Waals surface area contributed by atoms with Crippen LogP contribution in [0.2, 0.25) is 0 Å². The van der Waals surface area contributed by atoms with Crippen molar-refractivity contribution in [2.24, 2.45) is 10.8 Å². The molecule has 0 radical (unpaired) electrons. The minimum absolute atomic E-state index is 0.112. The average molecular weight is 443 g/mol. The number of carbonyl (C=O) groups excluding carboxylic acids is 3. The summed E-state index contributed by atoms with van der Waals surface area (Å²) >= 11 is 3.42. The molecule has 0 aromatic heterocycles. The predicted octanol–water partition coefficient (Wildman–Crippen LogP) is 4.21. The quantitative estimate of drug-likeness (QED) is 0.307. The summed E-state index contributed by atoms with van der Waals surface area (Å²) in [4.78, 5) is 39.6. The summed E-state index contributed by atoms with van der Waals surface area (Å²) in [5, 5.41) is 0. The first-order valence-corrected chi connectivity index (χ1v) is 9.88. The van der Waals surface area contributed by atoms with E-state index in [2.05, 4.69) is 15.9 Å². The van der Waals surface area contributed by atoms with Crippen LogP contribution in [0, 0.1) is 17.8 Å². The van der Waals surface area contributed by atoms with Gasteiger partial charge in [0.2, 0.25) is 0 Å². The number of rotatable bonds is 4. The highest BCUT2D eigenvalue weighted by atomic mass is 79.9. The van der Waals surface area contributed by atoms with E-state index < -0.39 is 28.7 Å². The number of fused-ring (bicyclic) bond motifs is 3. The number of ether oxygens (including phenoxy) is 2. The van der Waals surface area contributed by atoms with Gasteiger partial charge < -0.3 is 9.47 Å². The van der Waals surface area contributed by atoms with Gasteiger partial charge in [-0.25, -0.2) is 0 Å². The van der Waals surface area contributed by atoms with Crippen molar-refractivity contribution in [1.29, 1.82) is 0 Å². The van der Waals surface area contributed by atoms with Gasteiger partial charge in [0.05, 0.1) is 12.0 Å². The van der Waals surface area contributed by atoms with E-state index in [1.807, 2.05) is 19.1 Å². The van der Waals surface area contributed by atoms with Crippen molar-refractivity contribution in [2.75, 3.05) is 6.61 Å². The molecule has 3 atom stereocenters. The molecule has 0 unspecified atom stereocenters. The first-order chi connectivity index (χ1) is 13.3. The fourth-order valence-corrected chi connectivity index (χ4v) is 4.86. The van der Waals surface area contributed by atoms with Crippen LogP contribution in [0.25, 0.3) is 0 Å². The van der Waals surface area contributed by atoms with E-state index in [4.69, 9.17) is 9.47 Å². The molecule has 0 bridgehead atoms. The molecule has 4 rings (SSSR count). The van der Waals surface area contributed by atoms with E-state index in [0.29, 0.717) is 16.9 Å². The van der Waals surface area contributed by atoms with E-state index >= 15 is 0 Å². The van der Waals surface area contributed by atoms with Crippen LogP contribution in [0.3, 0.4) is 0 Å². The highest BCUT2D eigenvalue weighted by molar-refractivity contribution is 9.10. The van der Waals surface area contributed by atoms with E-state index in [-0.39, 0.29) is 12.4 Å². The van der Waals surface area contributed by atoms with Gasteiger partial charge in [0, 0.05) is 21.5 Å². The minimum Gasteiger partial charge on any atom is -0.465 e. The molecular formula is C22H19BrO5. The van der Waals surface area contributed by atoms with Crippen molar-refractivity contribution in [3.8, 4) is 5.75 Å². The Morgan fingerprint density at radius 3 is 2.50 bits per heavy atom. The summed E-state index contributed by atoms with van der Waals surface area (Å²) in [6.07, 6.45) is 0. The van der Waals surface area contributed by atoms with Gasteiger partial charge in [0.15, 0.2) is 11.2 Å². The molecule has 0 spiro atoms. The van der Waals surface area contributed by atoms with E-state index in [0.717, 1.165) is 10.0 Å². The SMILES string of the molecule is CCOC(=O)[C@@]12C(=O)Oc3ccc(Br)cc3[C@H]1[C@@]2(C)C(=O)c1ccc(C)cc1. The fraction of sp³-hybridized carbons (Fsp3) is 0.318. The third-order valence-corrected chi connectivity index (χ3v) is 6.43. The van der Waals surface area contributed by atoms with Crippen molar-refractivity contribution in [3.05, 3.63) is 63.6 Å². The zero-order valence-electron chi connectivity index (χ0n) is 15.7. The number of hydrogen-bond donors (Lipinski definition) is 0. The lowest BCUT2D eigenvalue weighted by Gasteiger charge is -2.22. The molecule has 1 aliphatic carbocycles. The van der Waals surface area contributed by atoms with E-state index in [9.17, 15) is 14.4 Å². The second-order valence-corrected chi connectivity index (χ2v) is 8.35. The Bertz CT molecular complexity index is 1010. The van der Waals surface area contributed by atoms with Crippen molar-refractivity contribution < 1.29 is 23.9 Å². The number of Topliss-reactive ketones (excluding diaryl/α,β-unsaturated/α-hetero) is 1. The van der Waals surface area contributed by atoms with E-state index in [1.54, 1.807) is 44.2 Å². The van der Waals surface area contributed by atoms with Crippen molar-refractivity contribution in [3.63, 3.8) is 0 Å². The highest BCUT2D eigenvalue weighted by Gasteiger charge is 2.89. The van der Waals surface area contributed by atoms with Crippen LogP contribution in [-0.2, 0) is 14.3 Å². The summed E-state index contributed by atoms with van der Waals surface area (Å²) in [5.41, 5.74) is -0.819. The van der Waals surface area contributed by atoms with Gasteiger partial charge in [-0.15, -0.1) is 0 Å². The molecular weight excluding hydrogens is 424 g/mol. The molecule has 28 heavy (non-hydrogen) atoms. The third kappa shape index (κ3) is 2.27. The van der Waals surface area contributed by atoms with Gasteiger partial charge in [-0.05, 0) is 39.0 Å². The lowest BCUT2D eigenvalue weighted by molar-refractivity contribution is -0.162. The minimum atomic E-state index is -1.67. The fourth-order valence-electron chi connectivity index (χ4n) is 4.48. The Morgan fingerprint density at radius 2 is 1.86 bits per heavy atom. The second-order valence-electron chi connectivity index (χ2n) is 7.43. The second kappa shape index (κ2) is 6.27. The molecule has 1 aliphatic heterocycles. The van der Waals surface area contributed by atoms with Crippen LogP contribution in [0.1, 0.15) is 41.3 Å². The van der Waals surface area contributed by atoms with Crippen LogP contribution in [0.5, 0.6) is 5.75 Å². The molecule has 144 valence electrons. The number of esters is 2. The molecule has 2 aromatic rings. The predicted molar refractivity (Wildman–Crippen MR) is 105 cm³/mol. The van der Waals surface area contributed by atoms with Gasteiger partial charge in [0.25, 0.3) is 0 Å². The molecule has 2 aromatic carbocycles. The van der Waals surface area contributed by atoms with Crippen LogP contribution in [0.4, 0.5) is 0 Å². The monoisotopic (exact) mass is 442 g/mol. The number of carbonyl (C=O) groups is 3. The molecule has 0 amide bonds. The van der Waals surface area contributed by atoms with Crippen LogP contribution < -0.4 is 4.74 Å². The van der Waals surface area contributed by atoms with E-state index in [1.165, 1.54) is 0 Å². The first-order valence-electron chi connectivity index (χ1n) is 9.08. The Morgan fingerprint density at radius 1 is 1.18 bits per heavy atom. The lowest BCUT2D eigenvalue weighted by Crippen LogP contribution is -2.40. The van der Waals surface area contributed by atoms with Gasteiger partial charge in [0.1, 0.15) is 5.75 Å². The number of hydrogen-bond acceptors (Lipinski definition) is 5. The lowest BCUT2D eigenvalue weighted by atomic mass is 9.86. The normalized spacial score (nSPS) is 27.3. The summed E-state index contributed by atoms with van der Waals surface area (Å²) in [6.45, 7) is 5.37. The van der Waals surface area contributed by atoms with Crippen molar-refractivity contribution in [2.45, 2.75) is 26.7 Å². The largest absolute Gasteiger partial charge is 0.465 e. The maximum absolute atomic E-state index is 13.5. The third-order valence-electron chi connectivity index (χ3n) is 5.94. The van der Waals surface area contributed by atoms with Crippen molar-refractivity contribution >= 4 is 33.7 Å². The maximum atomic E-state index is 13.5. The molecule has 5 nitrogen and oxygen atoms in total. The molecule has 6 heteroatoms.